The zero-order chi connectivity index (χ0) is 19.3. The molecule has 0 fully saturated rings. The summed E-state index contributed by atoms with van der Waals surface area (Å²) in [6.45, 7) is -0.994. The van der Waals surface area contributed by atoms with Crippen LogP contribution < -0.4 is 0 Å². The van der Waals surface area contributed by atoms with Gasteiger partial charge in [0.2, 0.25) is 0 Å². The summed E-state index contributed by atoms with van der Waals surface area (Å²) in [4.78, 5) is 0. The van der Waals surface area contributed by atoms with Crippen molar-refractivity contribution in [1.29, 1.82) is 0 Å². The van der Waals surface area contributed by atoms with E-state index in [0.29, 0.717) is 7.18 Å². The number of hydrogen-bond acceptors (Lipinski definition) is 1. The van der Waals surface area contributed by atoms with Gasteiger partial charge in [-0.05, 0) is 12.8 Å². The number of hydrogen-bond donors (Lipinski definition) is 0. The molecule has 0 aliphatic heterocycles. The molecule has 0 spiro atoms. The first-order valence-corrected chi connectivity index (χ1v) is 5.99. The molecule has 0 aromatic carbocycles. The van der Waals surface area contributed by atoms with E-state index < -0.39 is 57.2 Å². The summed E-state index contributed by atoms with van der Waals surface area (Å²) < 4.78 is 127. The molecular formula is C11H17F11O. The van der Waals surface area contributed by atoms with Crippen LogP contribution in [0.3, 0.4) is 0 Å². The van der Waals surface area contributed by atoms with Crippen LogP contribution in [0.25, 0.3) is 0 Å². The van der Waals surface area contributed by atoms with E-state index >= 15 is 0 Å². The molecule has 0 saturated heterocycles. The zero-order valence-electron chi connectivity index (χ0n) is 12.2. The minimum Gasteiger partial charge on any atom is -0.372 e. The first kappa shape index (κ1) is 27.1. The predicted molar refractivity (Wildman–Crippen MR) is 60.4 cm³/mol. The third-order valence-electron chi connectivity index (χ3n) is 1.77. The molecule has 1 atom stereocenters. The summed E-state index contributed by atoms with van der Waals surface area (Å²) in [7, 11) is 0.500. The Kier molecular flexibility index (Phi) is 14.8. The highest BCUT2D eigenvalue weighted by atomic mass is 19.4. The fourth-order valence-corrected chi connectivity index (χ4v) is 0.716. The molecule has 0 aliphatic rings. The number of alkyl halides is 11. The quantitative estimate of drug-likeness (QED) is 0.437. The van der Waals surface area contributed by atoms with Crippen molar-refractivity contribution in [3.05, 3.63) is 0 Å². The standard InChI is InChI=1S/C7H9F7O.C3H5F3.CH3F/c8-5(7(12,13)14)2-1-3-15-4-6(9,10)11;1-2-3(4,5)6;1-2/h5H,1-4H2;2H2,1H3;1H3. The monoisotopic (exact) mass is 374 g/mol. The number of rotatable bonds is 5. The van der Waals surface area contributed by atoms with Crippen LogP contribution >= 0.6 is 0 Å². The van der Waals surface area contributed by atoms with E-state index in [2.05, 4.69) is 4.74 Å². The van der Waals surface area contributed by atoms with E-state index in [1.165, 1.54) is 0 Å². The lowest BCUT2D eigenvalue weighted by Gasteiger charge is -2.12. The Bertz CT molecular complexity index is 256. The molecule has 0 aliphatic carbocycles. The van der Waals surface area contributed by atoms with Crippen molar-refractivity contribution < 1.29 is 53.0 Å². The van der Waals surface area contributed by atoms with Crippen LogP contribution in [0.5, 0.6) is 0 Å². The fraction of sp³-hybridized carbons (Fsp3) is 1.00. The zero-order valence-corrected chi connectivity index (χ0v) is 12.2. The smallest absolute Gasteiger partial charge is 0.372 e. The van der Waals surface area contributed by atoms with Crippen molar-refractivity contribution in [2.45, 2.75) is 50.9 Å². The third-order valence-corrected chi connectivity index (χ3v) is 1.77. The van der Waals surface area contributed by atoms with Gasteiger partial charge in [0, 0.05) is 13.0 Å². The van der Waals surface area contributed by atoms with Crippen LogP contribution in [0.4, 0.5) is 48.3 Å². The van der Waals surface area contributed by atoms with Crippen molar-refractivity contribution in [1.82, 2.24) is 0 Å². The van der Waals surface area contributed by atoms with Crippen LogP contribution in [-0.2, 0) is 4.74 Å². The molecule has 0 saturated carbocycles. The molecule has 0 radical (unpaired) electrons. The van der Waals surface area contributed by atoms with Gasteiger partial charge in [0.25, 0.3) is 0 Å². The largest absolute Gasteiger partial charge is 0.419 e. The van der Waals surface area contributed by atoms with E-state index in [1.807, 2.05) is 0 Å². The van der Waals surface area contributed by atoms with Crippen molar-refractivity contribution in [3.63, 3.8) is 0 Å². The molecule has 144 valence electrons. The second-order valence-electron chi connectivity index (χ2n) is 3.79. The molecule has 0 rings (SSSR count). The van der Waals surface area contributed by atoms with Crippen LogP contribution in [0.15, 0.2) is 0 Å². The molecule has 12 heteroatoms. The summed E-state index contributed by atoms with van der Waals surface area (Å²) in [5.41, 5.74) is 0. The van der Waals surface area contributed by atoms with Gasteiger partial charge in [-0.1, -0.05) is 6.92 Å². The first-order chi connectivity index (χ1) is 10.2. The summed E-state index contributed by atoms with van der Waals surface area (Å²) in [6.07, 6.45) is -18.5. The van der Waals surface area contributed by atoms with Crippen LogP contribution in [0, 0.1) is 0 Å². The van der Waals surface area contributed by atoms with Gasteiger partial charge < -0.3 is 4.74 Å². The number of ether oxygens (including phenoxy) is 1. The third kappa shape index (κ3) is 26.4. The topological polar surface area (TPSA) is 9.23 Å². The Balaban J connectivity index is -0.000000418. The first-order valence-electron chi connectivity index (χ1n) is 5.99. The molecule has 0 aromatic heterocycles. The molecule has 0 N–H and O–H groups in total. The summed E-state index contributed by atoms with van der Waals surface area (Å²) in [5, 5.41) is 0. The molecule has 1 nitrogen and oxygen atoms in total. The van der Waals surface area contributed by atoms with E-state index in [9.17, 15) is 48.3 Å². The predicted octanol–water partition coefficient (Wildman–Crippen LogP) is 5.79. The molecular weight excluding hydrogens is 357 g/mol. The van der Waals surface area contributed by atoms with Crippen LogP contribution in [0.1, 0.15) is 26.2 Å². The van der Waals surface area contributed by atoms with E-state index in [0.717, 1.165) is 6.92 Å². The lowest BCUT2D eigenvalue weighted by Crippen LogP contribution is -2.25. The second-order valence-corrected chi connectivity index (χ2v) is 3.79. The summed E-state index contributed by atoms with van der Waals surface area (Å²) >= 11 is 0. The molecule has 0 aromatic rings. The summed E-state index contributed by atoms with van der Waals surface area (Å²) in [5.74, 6) is 0. The average Bonchev–Trinajstić information content (AvgIpc) is 2.38. The van der Waals surface area contributed by atoms with Gasteiger partial charge >= 0.3 is 18.5 Å². The van der Waals surface area contributed by atoms with Crippen molar-refractivity contribution in [3.8, 4) is 0 Å². The van der Waals surface area contributed by atoms with Gasteiger partial charge in [0.1, 0.15) is 6.61 Å². The molecule has 1 unspecified atom stereocenters. The van der Waals surface area contributed by atoms with E-state index in [4.69, 9.17) is 0 Å². The van der Waals surface area contributed by atoms with Gasteiger partial charge in [-0.15, -0.1) is 0 Å². The van der Waals surface area contributed by atoms with Gasteiger partial charge in [0.15, 0.2) is 6.17 Å². The average molecular weight is 374 g/mol. The van der Waals surface area contributed by atoms with Crippen LogP contribution in [-0.4, -0.2) is 45.1 Å². The molecule has 0 bridgehead atoms. The molecule has 23 heavy (non-hydrogen) atoms. The van der Waals surface area contributed by atoms with Gasteiger partial charge in [-0.25, -0.2) is 4.39 Å². The summed E-state index contributed by atoms with van der Waals surface area (Å²) in [6, 6.07) is 0. The molecule has 0 amide bonds. The maximum Gasteiger partial charge on any atom is 0.419 e. The van der Waals surface area contributed by atoms with E-state index in [-0.39, 0.29) is 0 Å². The SMILES string of the molecule is CCC(F)(F)F.CF.FC(CCCOCC(F)(F)F)C(F)(F)F. The highest BCUT2D eigenvalue weighted by Gasteiger charge is 2.39. The van der Waals surface area contributed by atoms with Gasteiger partial charge in [-0.2, -0.15) is 39.5 Å². The number of halogens is 11. The Morgan fingerprint density at radius 2 is 1.22 bits per heavy atom. The maximum atomic E-state index is 12.2. The highest BCUT2D eigenvalue weighted by molar-refractivity contribution is 4.65. The lowest BCUT2D eigenvalue weighted by molar-refractivity contribution is -0.186. The minimum absolute atomic E-state index is 0.406. The Hall–Kier alpha value is -0.810. The Labute approximate surface area is 125 Å². The molecule has 0 heterocycles. The van der Waals surface area contributed by atoms with Crippen LogP contribution in [0.2, 0.25) is 0 Å². The van der Waals surface area contributed by atoms with E-state index in [1.54, 1.807) is 0 Å². The van der Waals surface area contributed by atoms with Gasteiger partial charge in [-0.3, -0.25) is 4.39 Å². The second kappa shape index (κ2) is 12.6. The minimum atomic E-state index is -4.95. The lowest BCUT2D eigenvalue weighted by atomic mass is 10.2. The van der Waals surface area contributed by atoms with Crippen molar-refractivity contribution in [2.24, 2.45) is 0 Å². The van der Waals surface area contributed by atoms with Crippen molar-refractivity contribution in [2.75, 3.05) is 20.4 Å². The normalized spacial score (nSPS) is 13.4. The maximum absolute atomic E-state index is 12.2. The van der Waals surface area contributed by atoms with Crippen molar-refractivity contribution >= 4 is 0 Å². The fourth-order valence-electron chi connectivity index (χ4n) is 0.716. The highest BCUT2D eigenvalue weighted by Crippen LogP contribution is 2.26. The Morgan fingerprint density at radius 3 is 1.48 bits per heavy atom. The van der Waals surface area contributed by atoms with Gasteiger partial charge in [0.05, 0.1) is 7.18 Å². The Morgan fingerprint density at radius 1 is 0.826 bits per heavy atom.